The summed E-state index contributed by atoms with van der Waals surface area (Å²) in [6.45, 7) is 2.41. The van der Waals surface area contributed by atoms with Gasteiger partial charge in [0, 0.05) is 20.9 Å². The summed E-state index contributed by atoms with van der Waals surface area (Å²) in [5, 5.41) is 9.81. The van der Waals surface area contributed by atoms with Crippen molar-refractivity contribution in [1.82, 2.24) is 0 Å². The minimum Gasteiger partial charge on any atom is -0.488 e. The Hall–Kier alpha value is -1.31. The van der Waals surface area contributed by atoms with E-state index in [2.05, 4.69) is 37.9 Å². The molecule has 2 aromatic rings. The molecule has 0 aliphatic heterocycles. The molecule has 0 fully saturated rings. The molecule has 0 N–H and O–H groups in total. The normalized spacial score (nSPS) is 10.1. The van der Waals surface area contributed by atoms with Crippen LogP contribution in [0.4, 0.5) is 0 Å². The molecule has 0 saturated carbocycles. The zero-order chi connectivity index (χ0) is 14.5. The van der Waals surface area contributed by atoms with E-state index < -0.39 is 0 Å². The maximum atomic E-state index is 9.09. The third kappa shape index (κ3) is 3.41. The smallest absolute Gasteiger partial charge is 0.126 e. The molecule has 0 aliphatic carbocycles. The summed E-state index contributed by atoms with van der Waals surface area (Å²) in [5.74, 6) is 0.873. The Labute approximate surface area is 135 Å². The lowest BCUT2D eigenvalue weighted by molar-refractivity contribution is 0.301. The molecule has 102 valence electrons. The molecule has 2 nitrogen and oxygen atoms in total. The lowest BCUT2D eigenvalue weighted by atomic mass is 10.1. The molecule has 0 heterocycles. The predicted molar refractivity (Wildman–Crippen MR) is 87.0 cm³/mol. The van der Waals surface area contributed by atoms with Crippen LogP contribution in [0.1, 0.15) is 22.3 Å². The van der Waals surface area contributed by atoms with E-state index in [4.69, 9.17) is 10.00 Å². The Bertz CT molecular complexity index is 662. The van der Waals surface area contributed by atoms with Gasteiger partial charge in [0.05, 0.1) is 11.6 Å². The van der Waals surface area contributed by atoms with E-state index in [1.165, 1.54) is 0 Å². The Morgan fingerprint density at radius 3 is 2.65 bits per heavy atom. The zero-order valence-electron chi connectivity index (χ0n) is 11.0. The first-order valence-electron chi connectivity index (χ1n) is 6.11. The van der Waals surface area contributed by atoms with Gasteiger partial charge in [0.2, 0.25) is 0 Å². The molecule has 0 spiro atoms. The van der Waals surface area contributed by atoms with Crippen molar-refractivity contribution in [2.45, 2.75) is 18.9 Å². The fraction of sp³-hybridized carbons (Fsp3) is 0.188. The van der Waals surface area contributed by atoms with Crippen LogP contribution >= 0.6 is 31.9 Å². The number of ether oxygens (including phenoxy) is 1. The molecular formula is C16H13Br2NO. The lowest BCUT2D eigenvalue weighted by Crippen LogP contribution is -2.01. The first-order chi connectivity index (χ1) is 9.65. The van der Waals surface area contributed by atoms with Gasteiger partial charge in [-0.15, -0.1) is 0 Å². The SMILES string of the molecule is Cc1cc(Br)cc(CBr)c1OCc1ccccc1C#N. The number of nitriles is 1. The minimum absolute atomic E-state index is 0.395. The molecule has 0 radical (unpaired) electrons. The Balaban J connectivity index is 2.25. The van der Waals surface area contributed by atoms with Crippen molar-refractivity contribution in [1.29, 1.82) is 5.26 Å². The molecule has 2 aromatic carbocycles. The van der Waals surface area contributed by atoms with Crippen molar-refractivity contribution >= 4 is 31.9 Å². The highest BCUT2D eigenvalue weighted by molar-refractivity contribution is 9.10. The van der Waals surface area contributed by atoms with Gasteiger partial charge in [0.15, 0.2) is 0 Å². The average Bonchev–Trinajstić information content (AvgIpc) is 2.45. The largest absolute Gasteiger partial charge is 0.488 e. The monoisotopic (exact) mass is 393 g/mol. The molecule has 0 saturated heterocycles. The Kier molecular flexibility index (Phi) is 5.22. The number of rotatable bonds is 4. The standard InChI is InChI=1S/C16H13Br2NO/c1-11-6-15(18)7-14(8-17)16(11)20-10-13-5-3-2-4-12(13)9-19/h2-7H,8,10H2,1H3. The van der Waals surface area contributed by atoms with E-state index in [0.29, 0.717) is 12.2 Å². The highest BCUT2D eigenvalue weighted by Crippen LogP contribution is 2.30. The number of benzene rings is 2. The van der Waals surface area contributed by atoms with E-state index in [-0.39, 0.29) is 0 Å². The molecule has 0 atom stereocenters. The average molecular weight is 395 g/mol. The number of aryl methyl sites for hydroxylation is 1. The van der Waals surface area contributed by atoms with Gasteiger partial charge in [-0.2, -0.15) is 5.26 Å². The van der Waals surface area contributed by atoms with Crippen LogP contribution in [0.15, 0.2) is 40.9 Å². The van der Waals surface area contributed by atoms with Gasteiger partial charge >= 0.3 is 0 Å². The first-order valence-corrected chi connectivity index (χ1v) is 8.03. The lowest BCUT2D eigenvalue weighted by Gasteiger charge is -2.14. The van der Waals surface area contributed by atoms with Crippen molar-refractivity contribution in [2.24, 2.45) is 0 Å². The fourth-order valence-corrected chi connectivity index (χ4v) is 3.05. The summed E-state index contributed by atoms with van der Waals surface area (Å²) in [6.07, 6.45) is 0. The minimum atomic E-state index is 0.395. The van der Waals surface area contributed by atoms with Gasteiger partial charge in [-0.1, -0.05) is 50.1 Å². The predicted octanol–water partition coefficient (Wildman–Crippen LogP) is 5.10. The molecule has 4 heteroatoms. The van der Waals surface area contributed by atoms with E-state index in [1.54, 1.807) is 6.07 Å². The highest BCUT2D eigenvalue weighted by Gasteiger charge is 2.09. The van der Waals surface area contributed by atoms with E-state index in [9.17, 15) is 0 Å². The number of alkyl halides is 1. The van der Waals surface area contributed by atoms with Crippen LogP contribution in [0.5, 0.6) is 5.75 Å². The summed E-state index contributed by atoms with van der Waals surface area (Å²) in [4.78, 5) is 0. The Morgan fingerprint density at radius 1 is 1.20 bits per heavy atom. The molecule has 20 heavy (non-hydrogen) atoms. The van der Waals surface area contributed by atoms with Crippen LogP contribution in [-0.2, 0) is 11.9 Å². The van der Waals surface area contributed by atoms with Gasteiger partial charge in [-0.05, 0) is 30.7 Å². The third-order valence-electron chi connectivity index (χ3n) is 2.97. The summed E-state index contributed by atoms with van der Waals surface area (Å²) in [6, 6.07) is 13.7. The molecule has 0 bridgehead atoms. The van der Waals surface area contributed by atoms with Crippen LogP contribution in [0, 0.1) is 18.3 Å². The van der Waals surface area contributed by atoms with E-state index in [0.717, 1.165) is 32.2 Å². The summed E-state index contributed by atoms with van der Waals surface area (Å²) in [5.41, 5.74) is 3.72. The topological polar surface area (TPSA) is 33.0 Å². The second-order valence-corrected chi connectivity index (χ2v) is 5.88. The molecule has 0 unspecified atom stereocenters. The van der Waals surface area contributed by atoms with Crippen LogP contribution in [-0.4, -0.2) is 0 Å². The van der Waals surface area contributed by atoms with E-state index >= 15 is 0 Å². The highest BCUT2D eigenvalue weighted by atomic mass is 79.9. The van der Waals surface area contributed by atoms with Crippen LogP contribution in [0.25, 0.3) is 0 Å². The van der Waals surface area contributed by atoms with Gasteiger partial charge < -0.3 is 4.74 Å². The number of hydrogen-bond acceptors (Lipinski definition) is 2. The first kappa shape index (κ1) is 15.1. The maximum Gasteiger partial charge on any atom is 0.126 e. The number of nitrogens with zero attached hydrogens (tertiary/aromatic N) is 1. The van der Waals surface area contributed by atoms with Crippen LogP contribution in [0.2, 0.25) is 0 Å². The zero-order valence-corrected chi connectivity index (χ0v) is 14.2. The fourth-order valence-electron chi connectivity index (χ4n) is 2.01. The molecular weight excluding hydrogens is 382 g/mol. The molecule has 0 aromatic heterocycles. The molecule has 0 amide bonds. The molecule has 2 rings (SSSR count). The van der Waals surface area contributed by atoms with Crippen molar-refractivity contribution in [3.05, 3.63) is 63.1 Å². The summed E-state index contributed by atoms with van der Waals surface area (Å²) < 4.78 is 6.98. The van der Waals surface area contributed by atoms with Crippen molar-refractivity contribution in [3.8, 4) is 11.8 Å². The quantitative estimate of drug-likeness (QED) is 0.675. The summed E-state index contributed by atoms with van der Waals surface area (Å²) in [7, 11) is 0. The number of hydrogen-bond donors (Lipinski definition) is 0. The van der Waals surface area contributed by atoms with Crippen LogP contribution in [0.3, 0.4) is 0 Å². The van der Waals surface area contributed by atoms with Crippen LogP contribution < -0.4 is 4.74 Å². The van der Waals surface area contributed by atoms with Crippen molar-refractivity contribution in [2.75, 3.05) is 0 Å². The van der Waals surface area contributed by atoms with Crippen molar-refractivity contribution in [3.63, 3.8) is 0 Å². The molecule has 0 aliphatic rings. The second-order valence-electron chi connectivity index (χ2n) is 4.40. The van der Waals surface area contributed by atoms with Gasteiger partial charge in [-0.25, -0.2) is 0 Å². The third-order valence-corrected chi connectivity index (χ3v) is 4.03. The van der Waals surface area contributed by atoms with E-state index in [1.807, 2.05) is 37.3 Å². The van der Waals surface area contributed by atoms with Gasteiger partial charge in [0.25, 0.3) is 0 Å². The Morgan fingerprint density at radius 2 is 1.95 bits per heavy atom. The second kappa shape index (κ2) is 6.92. The van der Waals surface area contributed by atoms with Crippen molar-refractivity contribution < 1.29 is 4.74 Å². The summed E-state index contributed by atoms with van der Waals surface area (Å²) >= 11 is 6.97. The van der Waals surface area contributed by atoms with Gasteiger partial charge in [-0.3, -0.25) is 0 Å². The maximum absolute atomic E-state index is 9.09. The number of halogens is 2. The van der Waals surface area contributed by atoms with Gasteiger partial charge in [0.1, 0.15) is 12.4 Å².